The molecule has 0 radical (unpaired) electrons. The molecule has 1 saturated heterocycles. The summed E-state index contributed by atoms with van der Waals surface area (Å²) in [6.07, 6.45) is 1.76. The highest BCUT2D eigenvalue weighted by Gasteiger charge is 2.28. The Labute approximate surface area is 156 Å². The molecule has 2 heterocycles. The smallest absolute Gasteiger partial charge is 0.414 e. The largest absolute Gasteiger partial charge is 0.473 e. The lowest BCUT2D eigenvalue weighted by Gasteiger charge is -2.41. The number of carboxylic acids is 2. The zero-order valence-electron chi connectivity index (χ0n) is 14.8. The molecular formula is C19H20N4O4. The lowest BCUT2D eigenvalue weighted by Crippen LogP contribution is -2.47. The maximum atomic E-state index is 9.33. The summed E-state index contributed by atoms with van der Waals surface area (Å²) in [4.78, 5) is 27.2. The highest BCUT2D eigenvalue weighted by molar-refractivity contribution is 6.27. The van der Waals surface area contributed by atoms with Crippen molar-refractivity contribution in [3.63, 3.8) is 0 Å². The Morgan fingerprint density at radius 3 is 2.37 bits per heavy atom. The first kappa shape index (κ1) is 19.9. The molecule has 1 atom stereocenters. The van der Waals surface area contributed by atoms with Crippen molar-refractivity contribution in [1.82, 2.24) is 9.88 Å². The molecule has 0 saturated carbocycles. The Morgan fingerprint density at radius 1 is 1.11 bits per heavy atom. The summed E-state index contributed by atoms with van der Waals surface area (Å²) in [6.45, 7) is 2.79. The number of rotatable bonds is 2. The summed E-state index contributed by atoms with van der Waals surface area (Å²) in [5.74, 6) is -2.85. The van der Waals surface area contributed by atoms with Gasteiger partial charge in [-0.1, -0.05) is 30.3 Å². The lowest BCUT2D eigenvalue weighted by molar-refractivity contribution is -0.159. The minimum absolute atomic E-state index is 0.229. The fourth-order valence-electron chi connectivity index (χ4n) is 2.85. The summed E-state index contributed by atoms with van der Waals surface area (Å²) < 4.78 is 0. The van der Waals surface area contributed by atoms with Crippen molar-refractivity contribution in [3.8, 4) is 6.07 Å². The Morgan fingerprint density at radius 2 is 1.78 bits per heavy atom. The van der Waals surface area contributed by atoms with Gasteiger partial charge in [-0.25, -0.2) is 14.6 Å². The van der Waals surface area contributed by atoms with E-state index in [-0.39, 0.29) is 6.04 Å². The second kappa shape index (κ2) is 9.31. The fourth-order valence-corrected chi connectivity index (χ4v) is 2.85. The number of piperazine rings is 1. The number of hydrogen-bond acceptors (Lipinski definition) is 6. The predicted octanol–water partition coefficient (Wildman–Crippen LogP) is 1.60. The van der Waals surface area contributed by atoms with Gasteiger partial charge in [0.2, 0.25) is 0 Å². The summed E-state index contributed by atoms with van der Waals surface area (Å²) in [5, 5.41) is 24.1. The molecule has 1 fully saturated rings. The Hall–Kier alpha value is -3.44. The van der Waals surface area contributed by atoms with Gasteiger partial charge in [0, 0.05) is 25.8 Å². The molecule has 0 amide bonds. The van der Waals surface area contributed by atoms with Crippen LogP contribution >= 0.6 is 0 Å². The van der Waals surface area contributed by atoms with E-state index in [1.54, 1.807) is 6.20 Å². The molecule has 3 rings (SSSR count). The van der Waals surface area contributed by atoms with Crippen LogP contribution in [-0.2, 0) is 9.59 Å². The van der Waals surface area contributed by atoms with Crippen molar-refractivity contribution < 1.29 is 19.8 Å². The molecule has 0 aliphatic carbocycles. The molecule has 0 unspecified atom stereocenters. The summed E-state index contributed by atoms with van der Waals surface area (Å²) in [6, 6.07) is 16.6. The van der Waals surface area contributed by atoms with Gasteiger partial charge in [0.05, 0.1) is 11.6 Å². The van der Waals surface area contributed by atoms with Gasteiger partial charge in [-0.15, -0.1) is 0 Å². The van der Waals surface area contributed by atoms with Crippen LogP contribution in [0.15, 0.2) is 48.7 Å². The molecule has 1 aromatic carbocycles. The van der Waals surface area contributed by atoms with Crippen molar-refractivity contribution >= 4 is 17.8 Å². The van der Waals surface area contributed by atoms with Crippen LogP contribution in [0.3, 0.4) is 0 Å². The first-order valence-electron chi connectivity index (χ1n) is 8.25. The molecule has 2 N–H and O–H groups in total. The topological polar surface area (TPSA) is 118 Å². The minimum atomic E-state index is -1.82. The normalized spacial score (nSPS) is 16.6. The maximum absolute atomic E-state index is 9.33. The Balaban J connectivity index is 0.000000380. The number of carboxylic acid groups (broad SMARTS) is 2. The van der Waals surface area contributed by atoms with Crippen LogP contribution in [0, 0.1) is 11.3 Å². The highest BCUT2D eigenvalue weighted by Crippen LogP contribution is 2.30. The van der Waals surface area contributed by atoms with Crippen molar-refractivity contribution in [3.05, 3.63) is 59.8 Å². The number of pyridine rings is 1. The van der Waals surface area contributed by atoms with E-state index in [4.69, 9.17) is 19.8 Å². The summed E-state index contributed by atoms with van der Waals surface area (Å²) in [5.41, 5.74) is 1.90. The van der Waals surface area contributed by atoms with Gasteiger partial charge >= 0.3 is 11.9 Å². The van der Waals surface area contributed by atoms with E-state index in [1.807, 2.05) is 18.2 Å². The average Bonchev–Trinajstić information content (AvgIpc) is 2.69. The fraction of sp³-hybridized carbons (Fsp3) is 0.263. The molecule has 1 aliphatic rings. The standard InChI is InChI=1S/C17H18N4.C2H2O4/c1-20-10-11-21(17-15(12-18)8-5-9-19-17)16(13-20)14-6-3-2-4-7-14;3-1(4)2(5)6/h2-9,16H,10-11,13H2,1H3;(H,3,4)(H,5,6)/t16-;/m1./s1. The SMILES string of the molecule is CN1CCN(c2ncccc2C#N)[C@@H](c2ccccc2)C1.O=C(O)C(=O)O. The van der Waals surface area contributed by atoms with Crippen molar-refractivity contribution in [2.45, 2.75) is 6.04 Å². The number of nitriles is 1. The van der Waals surface area contributed by atoms with Gasteiger partial charge in [-0.05, 0) is 24.7 Å². The molecule has 2 aromatic rings. The quantitative estimate of drug-likeness (QED) is 0.768. The molecule has 8 nitrogen and oxygen atoms in total. The van der Waals surface area contributed by atoms with E-state index in [0.717, 1.165) is 25.5 Å². The Bertz CT molecular complexity index is 823. The summed E-state index contributed by atoms with van der Waals surface area (Å²) in [7, 11) is 2.14. The average molecular weight is 368 g/mol. The molecule has 1 aromatic heterocycles. The second-order valence-electron chi connectivity index (χ2n) is 5.98. The van der Waals surface area contributed by atoms with E-state index < -0.39 is 11.9 Å². The van der Waals surface area contributed by atoms with E-state index in [0.29, 0.717) is 5.56 Å². The van der Waals surface area contributed by atoms with E-state index in [1.165, 1.54) is 5.56 Å². The van der Waals surface area contributed by atoms with E-state index in [9.17, 15) is 5.26 Å². The Kier molecular flexibility index (Phi) is 6.86. The number of benzene rings is 1. The van der Waals surface area contributed by atoms with Crippen LogP contribution in [0.1, 0.15) is 17.2 Å². The zero-order valence-corrected chi connectivity index (χ0v) is 14.8. The van der Waals surface area contributed by atoms with Crippen LogP contribution in [0.4, 0.5) is 5.82 Å². The van der Waals surface area contributed by atoms with Crippen LogP contribution in [0.25, 0.3) is 0 Å². The molecule has 0 bridgehead atoms. The summed E-state index contributed by atoms with van der Waals surface area (Å²) >= 11 is 0. The number of aliphatic carboxylic acids is 2. The number of carbonyl (C=O) groups is 2. The van der Waals surface area contributed by atoms with Gasteiger partial charge in [0.25, 0.3) is 0 Å². The number of nitrogens with zero attached hydrogens (tertiary/aromatic N) is 4. The number of hydrogen-bond donors (Lipinski definition) is 2. The van der Waals surface area contributed by atoms with Gasteiger partial charge in [0.1, 0.15) is 11.9 Å². The predicted molar refractivity (Wildman–Crippen MR) is 98.2 cm³/mol. The minimum Gasteiger partial charge on any atom is -0.473 e. The van der Waals surface area contributed by atoms with Gasteiger partial charge < -0.3 is 20.0 Å². The third kappa shape index (κ3) is 5.26. The highest BCUT2D eigenvalue weighted by atomic mass is 16.4. The number of likely N-dealkylation sites (N-methyl/N-ethyl adjacent to an activating group) is 1. The molecular weight excluding hydrogens is 348 g/mol. The molecule has 140 valence electrons. The van der Waals surface area contributed by atoms with Crippen LogP contribution in [0.2, 0.25) is 0 Å². The maximum Gasteiger partial charge on any atom is 0.414 e. The number of anilines is 1. The monoisotopic (exact) mass is 368 g/mol. The van der Waals surface area contributed by atoms with E-state index in [2.05, 4.69) is 52.2 Å². The first-order chi connectivity index (χ1) is 12.9. The van der Waals surface area contributed by atoms with Crippen LogP contribution in [0.5, 0.6) is 0 Å². The van der Waals surface area contributed by atoms with Crippen molar-refractivity contribution in [1.29, 1.82) is 5.26 Å². The van der Waals surface area contributed by atoms with Gasteiger partial charge in [-0.2, -0.15) is 5.26 Å². The van der Waals surface area contributed by atoms with Crippen molar-refractivity contribution in [2.24, 2.45) is 0 Å². The first-order valence-corrected chi connectivity index (χ1v) is 8.25. The molecule has 27 heavy (non-hydrogen) atoms. The third-order valence-electron chi connectivity index (χ3n) is 4.13. The van der Waals surface area contributed by atoms with Crippen LogP contribution < -0.4 is 4.90 Å². The van der Waals surface area contributed by atoms with Crippen molar-refractivity contribution in [2.75, 3.05) is 31.6 Å². The lowest BCUT2D eigenvalue weighted by atomic mass is 10.0. The second-order valence-corrected chi connectivity index (χ2v) is 5.98. The molecule has 8 heteroatoms. The zero-order chi connectivity index (χ0) is 19.8. The molecule has 0 spiro atoms. The number of aromatic nitrogens is 1. The van der Waals surface area contributed by atoms with Gasteiger partial charge in [-0.3, -0.25) is 0 Å². The van der Waals surface area contributed by atoms with Gasteiger partial charge in [0.15, 0.2) is 0 Å². The van der Waals surface area contributed by atoms with Crippen LogP contribution in [-0.4, -0.2) is 58.7 Å². The third-order valence-corrected chi connectivity index (χ3v) is 4.13. The van der Waals surface area contributed by atoms with E-state index >= 15 is 0 Å². The molecule has 1 aliphatic heterocycles.